The van der Waals surface area contributed by atoms with Gasteiger partial charge in [0.1, 0.15) is 11.6 Å². The van der Waals surface area contributed by atoms with Gasteiger partial charge in [0.15, 0.2) is 0 Å². The molecule has 1 saturated carbocycles. The fourth-order valence-corrected chi connectivity index (χ4v) is 1.61. The van der Waals surface area contributed by atoms with E-state index in [9.17, 15) is 4.79 Å². The van der Waals surface area contributed by atoms with E-state index in [1.807, 2.05) is 26.1 Å². The highest BCUT2D eigenvalue weighted by Crippen LogP contribution is 2.33. The lowest BCUT2D eigenvalue weighted by molar-refractivity contribution is 0.698. The second kappa shape index (κ2) is 2.98. The first-order valence-corrected chi connectivity index (χ1v) is 4.77. The standard InChI is InChI=1S/C11H12N2O/c1-7-6-13(9-3-4-9)11(14)10(5-12)8(7)2/h6,9H,3-4H2,1-2H3. The van der Waals surface area contributed by atoms with Gasteiger partial charge < -0.3 is 4.57 Å². The van der Waals surface area contributed by atoms with Gasteiger partial charge in [-0.1, -0.05) is 0 Å². The Balaban J connectivity index is 2.71. The molecule has 0 amide bonds. The molecule has 0 radical (unpaired) electrons. The van der Waals surface area contributed by atoms with Crippen LogP contribution in [-0.4, -0.2) is 4.57 Å². The van der Waals surface area contributed by atoms with Crippen LogP contribution < -0.4 is 5.56 Å². The summed E-state index contributed by atoms with van der Waals surface area (Å²) in [6.45, 7) is 3.76. The van der Waals surface area contributed by atoms with E-state index in [1.165, 1.54) is 0 Å². The summed E-state index contributed by atoms with van der Waals surface area (Å²) in [6.07, 6.45) is 4.00. The van der Waals surface area contributed by atoms with Gasteiger partial charge in [0.25, 0.3) is 5.56 Å². The molecule has 1 fully saturated rings. The fourth-order valence-electron chi connectivity index (χ4n) is 1.61. The number of hydrogen-bond acceptors (Lipinski definition) is 2. The van der Waals surface area contributed by atoms with Gasteiger partial charge in [-0.25, -0.2) is 0 Å². The van der Waals surface area contributed by atoms with Crippen molar-refractivity contribution in [3.05, 3.63) is 33.2 Å². The zero-order valence-electron chi connectivity index (χ0n) is 8.37. The average Bonchev–Trinajstić information content (AvgIpc) is 2.96. The van der Waals surface area contributed by atoms with Crippen LogP contribution in [0.4, 0.5) is 0 Å². The maximum Gasteiger partial charge on any atom is 0.269 e. The third-order valence-electron chi connectivity index (χ3n) is 2.80. The minimum absolute atomic E-state index is 0.127. The largest absolute Gasteiger partial charge is 0.311 e. The molecule has 1 heterocycles. The third-order valence-corrected chi connectivity index (χ3v) is 2.80. The molecule has 0 aliphatic heterocycles. The SMILES string of the molecule is Cc1cn(C2CC2)c(=O)c(C#N)c1C. The molecule has 0 unspecified atom stereocenters. The maximum atomic E-state index is 11.8. The van der Waals surface area contributed by atoms with Gasteiger partial charge in [-0.3, -0.25) is 4.79 Å². The molecule has 2 rings (SSSR count). The molecule has 0 aromatic carbocycles. The molecular formula is C11H12N2O. The second-order valence-electron chi connectivity index (χ2n) is 3.87. The molecular weight excluding hydrogens is 176 g/mol. The molecule has 0 spiro atoms. The zero-order chi connectivity index (χ0) is 10.3. The Kier molecular flexibility index (Phi) is 1.92. The Morgan fingerprint density at radius 3 is 2.64 bits per heavy atom. The van der Waals surface area contributed by atoms with Gasteiger partial charge >= 0.3 is 0 Å². The van der Waals surface area contributed by atoms with Crippen molar-refractivity contribution >= 4 is 0 Å². The lowest BCUT2D eigenvalue weighted by atomic mass is 10.1. The summed E-state index contributed by atoms with van der Waals surface area (Å²) in [6, 6.07) is 2.34. The van der Waals surface area contributed by atoms with E-state index < -0.39 is 0 Å². The van der Waals surface area contributed by atoms with Crippen LogP contribution in [0.15, 0.2) is 11.0 Å². The highest BCUT2D eigenvalue weighted by atomic mass is 16.1. The predicted molar refractivity (Wildman–Crippen MR) is 53.2 cm³/mol. The molecule has 1 aromatic rings. The van der Waals surface area contributed by atoms with Crippen LogP contribution in [0, 0.1) is 25.2 Å². The molecule has 1 aliphatic rings. The van der Waals surface area contributed by atoms with Gasteiger partial charge in [0.05, 0.1) is 0 Å². The fraction of sp³-hybridized carbons (Fsp3) is 0.455. The molecule has 0 atom stereocenters. The Morgan fingerprint density at radius 2 is 2.14 bits per heavy atom. The number of rotatable bonds is 1. The average molecular weight is 188 g/mol. The molecule has 3 heteroatoms. The van der Waals surface area contributed by atoms with Crippen molar-refractivity contribution in [2.24, 2.45) is 0 Å². The van der Waals surface area contributed by atoms with Crippen LogP contribution in [0.3, 0.4) is 0 Å². The molecule has 1 aromatic heterocycles. The number of nitrogens with zero attached hydrogens (tertiary/aromatic N) is 2. The van der Waals surface area contributed by atoms with E-state index in [2.05, 4.69) is 0 Å². The van der Waals surface area contributed by atoms with Gasteiger partial charge in [0, 0.05) is 12.2 Å². The third kappa shape index (κ3) is 1.24. The highest BCUT2D eigenvalue weighted by molar-refractivity contribution is 5.39. The topological polar surface area (TPSA) is 45.8 Å². The number of aryl methyl sites for hydroxylation is 1. The summed E-state index contributed by atoms with van der Waals surface area (Å²) >= 11 is 0. The second-order valence-corrected chi connectivity index (χ2v) is 3.87. The van der Waals surface area contributed by atoms with Crippen LogP contribution in [0.5, 0.6) is 0 Å². The minimum Gasteiger partial charge on any atom is -0.311 e. The van der Waals surface area contributed by atoms with E-state index in [1.54, 1.807) is 4.57 Å². The summed E-state index contributed by atoms with van der Waals surface area (Å²) in [7, 11) is 0. The molecule has 0 bridgehead atoms. The first-order valence-electron chi connectivity index (χ1n) is 4.77. The van der Waals surface area contributed by atoms with Gasteiger partial charge in [-0.15, -0.1) is 0 Å². The van der Waals surface area contributed by atoms with Crippen LogP contribution in [0.1, 0.15) is 35.6 Å². The Bertz CT molecular complexity index is 475. The summed E-state index contributed by atoms with van der Waals surface area (Å²) in [4.78, 5) is 11.8. The highest BCUT2D eigenvalue weighted by Gasteiger charge is 2.26. The van der Waals surface area contributed by atoms with Crippen LogP contribution in [0.2, 0.25) is 0 Å². The monoisotopic (exact) mass is 188 g/mol. The number of nitriles is 1. The van der Waals surface area contributed by atoms with E-state index in [0.717, 1.165) is 24.0 Å². The Morgan fingerprint density at radius 1 is 1.50 bits per heavy atom. The summed E-state index contributed by atoms with van der Waals surface area (Å²) in [5, 5.41) is 8.89. The lowest BCUT2D eigenvalue weighted by Crippen LogP contribution is -2.23. The molecule has 0 N–H and O–H groups in total. The van der Waals surface area contributed by atoms with Crippen molar-refractivity contribution in [1.29, 1.82) is 5.26 Å². The van der Waals surface area contributed by atoms with Gasteiger partial charge in [0.2, 0.25) is 0 Å². The first kappa shape index (κ1) is 9.01. The molecule has 14 heavy (non-hydrogen) atoms. The van der Waals surface area contributed by atoms with Crippen molar-refractivity contribution in [2.45, 2.75) is 32.7 Å². The van der Waals surface area contributed by atoms with Crippen LogP contribution in [0.25, 0.3) is 0 Å². The van der Waals surface area contributed by atoms with Crippen molar-refractivity contribution < 1.29 is 0 Å². The van der Waals surface area contributed by atoms with Crippen LogP contribution >= 0.6 is 0 Å². The Labute approximate surface area is 82.6 Å². The normalized spacial score (nSPS) is 15.2. The lowest BCUT2D eigenvalue weighted by Gasteiger charge is -2.08. The number of pyridine rings is 1. The van der Waals surface area contributed by atoms with Crippen molar-refractivity contribution in [2.75, 3.05) is 0 Å². The summed E-state index contributed by atoms with van der Waals surface area (Å²) in [5.74, 6) is 0. The van der Waals surface area contributed by atoms with E-state index in [0.29, 0.717) is 11.6 Å². The maximum absolute atomic E-state index is 11.8. The molecule has 3 nitrogen and oxygen atoms in total. The van der Waals surface area contributed by atoms with E-state index in [-0.39, 0.29) is 5.56 Å². The summed E-state index contributed by atoms with van der Waals surface area (Å²) < 4.78 is 1.71. The van der Waals surface area contributed by atoms with Crippen molar-refractivity contribution in [1.82, 2.24) is 4.57 Å². The Hall–Kier alpha value is -1.56. The van der Waals surface area contributed by atoms with E-state index >= 15 is 0 Å². The van der Waals surface area contributed by atoms with Gasteiger partial charge in [-0.05, 0) is 37.8 Å². The molecule has 0 saturated heterocycles. The summed E-state index contributed by atoms with van der Waals surface area (Å²) in [5.41, 5.74) is 2.01. The number of hydrogen-bond donors (Lipinski definition) is 0. The number of aromatic nitrogens is 1. The van der Waals surface area contributed by atoms with Gasteiger partial charge in [-0.2, -0.15) is 5.26 Å². The first-order chi connectivity index (χ1) is 6.65. The minimum atomic E-state index is -0.127. The van der Waals surface area contributed by atoms with E-state index in [4.69, 9.17) is 5.26 Å². The van der Waals surface area contributed by atoms with Crippen molar-refractivity contribution in [3.63, 3.8) is 0 Å². The van der Waals surface area contributed by atoms with Crippen LogP contribution in [-0.2, 0) is 0 Å². The molecule has 72 valence electrons. The quantitative estimate of drug-likeness (QED) is 0.673. The molecule has 1 aliphatic carbocycles. The van der Waals surface area contributed by atoms with Crippen molar-refractivity contribution in [3.8, 4) is 6.07 Å². The zero-order valence-corrected chi connectivity index (χ0v) is 8.37. The smallest absolute Gasteiger partial charge is 0.269 e. The predicted octanol–water partition coefficient (Wildman–Crippen LogP) is 1.67.